The van der Waals surface area contributed by atoms with E-state index in [9.17, 15) is 22.4 Å². The number of ether oxygens (including phenoxy) is 1. The summed E-state index contributed by atoms with van der Waals surface area (Å²) in [5, 5.41) is 2.61. The van der Waals surface area contributed by atoms with E-state index >= 15 is 0 Å². The van der Waals surface area contributed by atoms with Crippen molar-refractivity contribution in [2.24, 2.45) is 0 Å². The molecule has 0 atom stereocenters. The molecule has 7 nitrogen and oxygen atoms in total. The SMILES string of the molecule is O=C(COC(=O)C1(c2cccc(F)c2)CCCC1)Nc1ccc(S(=O)(=O)N2CCCC2)cc1. The third kappa shape index (κ3) is 4.94. The zero-order chi connectivity index (χ0) is 23.5. The number of hydrogen-bond acceptors (Lipinski definition) is 5. The lowest BCUT2D eigenvalue weighted by Gasteiger charge is -2.27. The standard InChI is InChI=1S/C24H27FN2O5S/c25-19-7-5-6-18(16-19)24(12-1-2-13-24)23(29)32-17-22(28)26-20-8-10-21(11-9-20)33(30,31)27-14-3-4-15-27/h5-11,16H,1-4,12-15,17H2,(H,26,28). The molecule has 176 valence electrons. The van der Waals surface area contributed by atoms with Crippen LogP contribution in [0.15, 0.2) is 53.4 Å². The summed E-state index contributed by atoms with van der Waals surface area (Å²) < 4.78 is 45.7. The van der Waals surface area contributed by atoms with Crippen LogP contribution < -0.4 is 5.32 Å². The van der Waals surface area contributed by atoms with Crippen LogP contribution in [0.2, 0.25) is 0 Å². The number of benzene rings is 2. The number of carbonyl (C=O) groups excluding carboxylic acids is 2. The molecule has 0 aromatic heterocycles. The second kappa shape index (κ2) is 9.61. The Morgan fingerprint density at radius 1 is 1.00 bits per heavy atom. The Hall–Kier alpha value is -2.78. The molecule has 33 heavy (non-hydrogen) atoms. The van der Waals surface area contributed by atoms with Crippen molar-refractivity contribution in [1.29, 1.82) is 0 Å². The average molecular weight is 475 g/mol. The minimum Gasteiger partial charge on any atom is -0.455 e. The topological polar surface area (TPSA) is 92.8 Å². The zero-order valence-corrected chi connectivity index (χ0v) is 19.1. The molecule has 9 heteroatoms. The molecule has 1 saturated carbocycles. The van der Waals surface area contributed by atoms with E-state index in [4.69, 9.17) is 4.74 Å². The first-order chi connectivity index (χ1) is 15.8. The van der Waals surface area contributed by atoms with Gasteiger partial charge in [0.1, 0.15) is 5.82 Å². The molecule has 2 aromatic carbocycles. The van der Waals surface area contributed by atoms with Gasteiger partial charge in [0.15, 0.2) is 6.61 Å². The van der Waals surface area contributed by atoms with Gasteiger partial charge in [-0.1, -0.05) is 25.0 Å². The van der Waals surface area contributed by atoms with E-state index in [1.807, 2.05) is 0 Å². The zero-order valence-electron chi connectivity index (χ0n) is 18.3. The van der Waals surface area contributed by atoms with Crippen LogP contribution in [-0.2, 0) is 29.8 Å². The van der Waals surface area contributed by atoms with Crippen LogP contribution in [0.4, 0.5) is 10.1 Å². The van der Waals surface area contributed by atoms with Crippen molar-refractivity contribution in [2.75, 3.05) is 25.0 Å². The summed E-state index contributed by atoms with van der Waals surface area (Å²) in [5.41, 5.74) is 0.0332. The number of carbonyl (C=O) groups is 2. The number of esters is 1. The van der Waals surface area contributed by atoms with Crippen molar-refractivity contribution in [3.05, 3.63) is 59.9 Å². The van der Waals surface area contributed by atoms with Crippen molar-refractivity contribution in [3.8, 4) is 0 Å². The Morgan fingerprint density at radius 3 is 2.30 bits per heavy atom. The molecule has 2 fully saturated rings. The fourth-order valence-electron chi connectivity index (χ4n) is 4.63. The van der Waals surface area contributed by atoms with E-state index in [1.54, 1.807) is 12.1 Å². The van der Waals surface area contributed by atoms with Crippen LogP contribution in [0, 0.1) is 5.82 Å². The van der Waals surface area contributed by atoms with Gasteiger partial charge >= 0.3 is 5.97 Å². The Labute approximate surface area is 193 Å². The van der Waals surface area contributed by atoms with Crippen molar-refractivity contribution >= 4 is 27.6 Å². The molecule has 0 spiro atoms. The number of sulfonamides is 1. The largest absolute Gasteiger partial charge is 0.455 e. The molecule has 2 aromatic rings. The number of hydrogen-bond donors (Lipinski definition) is 1. The quantitative estimate of drug-likeness (QED) is 0.619. The van der Waals surface area contributed by atoms with Crippen LogP contribution in [0.25, 0.3) is 0 Å². The van der Waals surface area contributed by atoms with E-state index in [1.165, 1.54) is 40.7 Å². The molecule has 1 aliphatic heterocycles. The number of anilines is 1. The molecule has 1 N–H and O–H groups in total. The van der Waals surface area contributed by atoms with Crippen LogP contribution in [0.3, 0.4) is 0 Å². The van der Waals surface area contributed by atoms with Crippen LogP contribution in [0.1, 0.15) is 44.1 Å². The highest BCUT2D eigenvalue weighted by molar-refractivity contribution is 7.89. The normalized spacial score (nSPS) is 18.2. The summed E-state index contributed by atoms with van der Waals surface area (Å²) in [6, 6.07) is 11.9. The number of amides is 1. The number of rotatable bonds is 7. The second-order valence-electron chi connectivity index (χ2n) is 8.56. The minimum absolute atomic E-state index is 0.173. The molecule has 4 rings (SSSR count). The maximum atomic E-state index is 13.7. The second-order valence-corrected chi connectivity index (χ2v) is 10.5. The summed E-state index contributed by atoms with van der Waals surface area (Å²) >= 11 is 0. The Balaban J connectivity index is 1.36. The predicted molar refractivity (Wildman–Crippen MR) is 121 cm³/mol. The van der Waals surface area contributed by atoms with Crippen molar-refractivity contribution in [2.45, 2.75) is 48.8 Å². The highest BCUT2D eigenvalue weighted by atomic mass is 32.2. The molecule has 1 aliphatic carbocycles. The number of nitrogens with zero attached hydrogens (tertiary/aromatic N) is 1. The molecular formula is C24H27FN2O5S. The van der Waals surface area contributed by atoms with Crippen molar-refractivity contribution in [1.82, 2.24) is 4.31 Å². The van der Waals surface area contributed by atoms with Gasteiger partial charge in [0, 0.05) is 18.8 Å². The van der Waals surface area contributed by atoms with Gasteiger partial charge in [-0.05, 0) is 67.6 Å². The van der Waals surface area contributed by atoms with Gasteiger partial charge in [-0.2, -0.15) is 4.31 Å². The van der Waals surface area contributed by atoms with E-state index < -0.39 is 39.7 Å². The molecule has 1 saturated heterocycles. The van der Waals surface area contributed by atoms with Gasteiger partial charge in [0.25, 0.3) is 5.91 Å². The number of nitrogens with one attached hydrogen (secondary N) is 1. The Bertz CT molecular complexity index is 1120. The average Bonchev–Trinajstić information content (AvgIpc) is 3.51. The molecule has 0 unspecified atom stereocenters. The molecule has 0 radical (unpaired) electrons. The van der Waals surface area contributed by atoms with E-state index in [-0.39, 0.29) is 4.90 Å². The first-order valence-electron chi connectivity index (χ1n) is 11.1. The van der Waals surface area contributed by atoms with E-state index in [0.717, 1.165) is 25.7 Å². The molecule has 2 aliphatic rings. The third-order valence-electron chi connectivity index (χ3n) is 6.40. The number of halogens is 1. The van der Waals surface area contributed by atoms with Gasteiger partial charge in [-0.15, -0.1) is 0 Å². The van der Waals surface area contributed by atoms with Gasteiger partial charge in [0.2, 0.25) is 10.0 Å². The molecular weight excluding hydrogens is 447 g/mol. The lowest BCUT2D eigenvalue weighted by Crippen LogP contribution is -2.36. The van der Waals surface area contributed by atoms with Crippen molar-refractivity contribution < 1.29 is 27.1 Å². The van der Waals surface area contributed by atoms with E-state index in [0.29, 0.717) is 37.2 Å². The fourth-order valence-corrected chi connectivity index (χ4v) is 6.15. The lowest BCUT2D eigenvalue weighted by atomic mass is 9.79. The maximum Gasteiger partial charge on any atom is 0.317 e. The Kier molecular flexibility index (Phi) is 6.81. The first kappa shape index (κ1) is 23.4. The smallest absolute Gasteiger partial charge is 0.317 e. The highest BCUT2D eigenvalue weighted by Gasteiger charge is 2.44. The summed E-state index contributed by atoms with van der Waals surface area (Å²) in [5.74, 6) is -1.49. The van der Waals surface area contributed by atoms with Gasteiger partial charge in [-0.3, -0.25) is 9.59 Å². The molecule has 1 amide bonds. The van der Waals surface area contributed by atoms with Crippen LogP contribution >= 0.6 is 0 Å². The molecule has 0 bridgehead atoms. The van der Waals surface area contributed by atoms with Crippen LogP contribution in [-0.4, -0.2) is 44.3 Å². The highest BCUT2D eigenvalue weighted by Crippen LogP contribution is 2.42. The molecule has 1 heterocycles. The minimum atomic E-state index is -3.53. The fraction of sp³-hybridized carbons (Fsp3) is 0.417. The van der Waals surface area contributed by atoms with Crippen molar-refractivity contribution in [3.63, 3.8) is 0 Å². The van der Waals surface area contributed by atoms with E-state index in [2.05, 4.69) is 5.32 Å². The van der Waals surface area contributed by atoms with Gasteiger partial charge in [0.05, 0.1) is 10.3 Å². The first-order valence-corrected chi connectivity index (χ1v) is 12.6. The predicted octanol–water partition coefficient (Wildman–Crippen LogP) is 3.60. The summed E-state index contributed by atoms with van der Waals surface area (Å²) in [6.45, 7) is 0.552. The summed E-state index contributed by atoms with van der Waals surface area (Å²) in [4.78, 5) is 25.4. The lowest BCUT2D eigenvalue weighted by molar-refractivity contribution is -0.153. The summed E-state index contributed by atoms with van der Waals surface area (Å²) in [6.07, 6.45) is 4.45. The third-order valence-corrected chi connectivity index (χ3v) is 8.31. The van der Waals surface area contributed by atoms with Gasteiger partial charge in [-0.25, -0.2) is 12.8 Å². The maximum absolute atomic E-state index is 13.7. The van der Waals surface area contributed by atoms with Gasteiger partial charge < -0.3 is 10.1 Å². The Morgan fingerprint density at radius 2 is 1.67 bits per heavy atom. The van der Waals surface area contributed by atoms with Crippen LogP contribution in [0.5, 0.6) is 0 Å². The monoisotopic (exact) mass is 474 g/mol. The summed E-state index contributed by atoms with van der Waals surface area (Å²) in [7, 11) is -3.53.